The maximum Gasteiger partial charge on any atom is 0.161 e. The molecule has 0 bridgehead atoms. The van der Waals surface area contributed by atoms with E-state index >= 15 is 0 Å². The number of allylic oxidation sites excluding steroid dienone is 2. The first-order valence-electron chi connectivity index (χ1n) is 13.3. The van der Waals surface area contributed by atoms with E-state index in [9.17, 15) is 19.5 Å². The summed E-state index contributed by atoms with van der Waals surface area (Å²) < 4.78 is 11.7. The lowest BCUT2D eigenvalue weighted by molar-refractivity contribution is -0.255. The Balaban J connectivity index is 1.50. The number of methoxy groups -OCH3 is 1. The van der Waals surface area contributed by atoms with Crippen molar-refractivity contribution in [2.75, 3.05) is 7.11 Å². The predicted octanol–water partition coefficient (Wildman–Crippen LogP) is 4.82. The van der Waals surface area contributed by atoms with Gasteiger partial charge in [-0.2, -0.15) is 0 Å². The van der Waals surface area contributed by atoms with Crippen molar-refractivity contribution in [1.82, 2.24) is 0 Å². The van der Waals surface area contributed by atoms with Crippen LogP contribution in [0.4, 0.5) is 0 Å². The minimum Gasteiger partial charge on any atom is -0.545 e. The van der Waals surface area contributed by atoms with Crippen LogP contribution < -0.4 is 14.6 Å². The molecule has 2 aliphatic carbocycles. The zero-order valence-electron chi connectivity index (χ0n) is 23.1. The van der Waals surface area contributed by atoms with Gasteiger partial charge in [0.1, 0.15) is 12.4 Å². The molecule has 2 atom stereocenters. The fourth-order valence-electron chi connectivity index (χ4n) is 6.27. The fourth-order valence-corrected chi connectivity index (χ4v) is 6.27. The summed E-state index contributed by atoms with van der Waals surface area (Å²) in [5, 5.41) is 11.0. The van der Waals surface area contributed by atoms with Gasteiger partial charge in [-0.25, -0.2) is 0 Å². The molecule has 39 heavy (non-hydrogen) atoms. The summed E-state index contributed by atoms with van der Waals surface area (Å²) in [4.78, 5) is 43.1. The lowest BCUT2D eigenvalue weighted by Crippen LogP contribution is -2.45. The molecule has 204 valence electrons. The van der Waals surface area contributed by atoms with Crippen LogP contribution >= 0.6 is 0 Å². The van der Waals surface area contributed by atoms with Gasteiger partial charge in [0.2, 0.25) is 0 Å². The molecule has 0 saturated heterocycles. The van der Waals surface area contributed by atoms with Crippen LogP contribution in [0.2, 0.25) is 0 Å². The molecule has 2 aromatic carbocycles. The molecule has 7 nitrogen and oxygen atoms in total. The Labute approximate surface area is 228 Å². The maximum absolute atomic E-state index is 13.6. The number of benzene rings is 2. The molecule has 1 fully saturated rings. The van der Waals surface area contributed by atoms with Crippen molar-refractivity contribution in [1.29, 1.82) is 0 Å². The monoisotopic (exact) mass is 528 g/mol. The van der Waals surface area contributed by atoms with E-state index < -0.39 is 17.8 Å². The minimum atomic E-state index is -1.23. The molecule has 1 saturated carbocycles. The molecule has 2 aromatic rings. The van der Waals surface area contributed by atoms with Gasteiger partial charge in [-0.15, -0.1) is 0 Å². The van der Waals surface area contributed by atoms with E-state index in [1.165, 1.54) is 12.1 Å². The highest BCUT2D eigenvalue weighted by Gasteiger charge is 2.49. The fraction of sp³-hybridized carbons (Fsp3) is 0.438. The van der Waals surface area contributed by atoms with E-state index in [2.05, 4.69) is 27.7 Å². The third-order valence-corrected chi connectivity index (χ3v) is 7.97. The first-order valence-corrected chi connectivity index (χ1v) is 13.3. The molecule has 3 aliphatic rings. The van der Waals surface area contributed by atoms with Gasteiger partial charge in [0, 0.05) is 35.7 Å². The highest BCUT2D eigenvalue weighted by atomic mass is 16.5. The Bertz CT molecular complexity index is 1410. The summed E-state index contributed by atoms with van der Waals surface area (Å²) in [6.45, 7) is 8.59. The third kappa shape index (κ3) is 5.27. The molecular weight excluding hydrogens is 494 g/mol. The van der Waals surface area contributed by atoms with E-state index in [4.69, 9.17) is 14.5 Å². The average Bonchev–Trinajstić information content (AvgIpc) is 2.84. The number of nitrogens with zero attached hydrogens (tertiary/aromatic N) is 1. The van der Waals surface area contributed by atoms with Crippen molar-refractivity contribution < 1.29 is 29.0 Å². The second kappa shape index (κ2) is 9.78. The molecule has 0 N–H and O–H groups in total. The topological polar surface area (TPSA) is 105 Å². The van der Waals surface area contributed by atoms with Crippen LogP contribution in [0, 0.1) is 16.7 Å². The molecule has 0 radical (unpaired) electrons. The molecule has 0 spiro atoms. The van der Waals surface area contributed by atoms with Crippen molar-refractivity contribution in [2.45, 2.75) is 65.9 Å². The van der Waals surface area contributed by atoms with Crippen LogP contribution in [0.15, 0.2) is 58.7 Å². The Hall–Kier alpha value is -3.74. The second-order valence-corrected chi connectivity index (χ2v) is 12.5. The largest absolute Gasteiger partial charge is 0.545 e. The predicted molar refractivity (Wildman–Crippen MR) is 145 cm³/mol. The number of aliphatic imine (C=N–C) groups is 1. The number of carboxylic acids is 1. The van der Waals surface area contributed by atoms with Crippen LogP contribution in [0.1, 0.15) is 80.8 Å². The Kier molecular flexibility index (Phi) is 6.73. The highest BCUT2D eigenvalue weighted by molar-refractivity contribution is 6.13. The number of rotatable bonds is 6. The van der Waals surface area contributed by atoms with Gasteiger partial charge in [0.05, 0.1) is 19.0 Å². The summed E-state index contributed by atoms with van der Waals surface area (Å²) in [5.74, 6) is -0.896. The van der Waals surface area contributed by atoms with Crippen LogP contribution in [0.5, 0.6) is 11.5 Å². The second-order valence-electron chi connectivity index (χ2n) is 12.5. The molecule has 1 aliphatic heterocycles. The summed E-state index contributed by atoms with van der Waals surface area (Å²) >= 11 is 0. The summed E-state index contributed by atoms with van der Waals surface area (Å²) in [6, 6.07) is 11.9. The van der Waals surface area contributed by atoms with Crippen LogP contribution in [0.25, 0.3) is 0 Å². The van der Waals surface area contributed by atoms with Crippen molar-refractivity contribution in [3.8, 4) is 11.5 Å². The average molecular weight is 529 g/mol. The summed E-state index contributed by atoms with van der Waals surface area (Å²) in [7, 11) is 1.56. The van der Waals surface area contributed by atoms with Gasteiger partial charge in [-0.3, -0.25) is 14.6 Å². The zero-order valence-corrected chi connectivity index (χ0v) is 23.1. The van der Waals surface area contributed by atoms with Crippen molar-refractivity contribution >= 4 is 23.2 Å². The van der Waals surface area contributed by atoms with E-state index in [0.29, 0.717) is 36.3 Å². The highest BCUT2D eigenvalue weighted by Crippen LogP contribution is 2.52. The molecule has 0 aromatic heterocycles. The zero-order chi connectivity index (χ0) is 28.1. The molecule has 1 unspecified atom stereocenters. The quantitative estimate of drug-likeness (QED) is 0.532. The van der Waals surface area contributed by atoms with Gasteiger partial charge in [0.25, 0.3) is 0 Å². The number of Topliss-reactive ketones (excluding diaryl/α,β-unsaturated/α-hetero) is 2. The van der Waals surface area contributed by atoms with Crippen molar-refractivity contribution in [3.63, 3.8) is 0 Å². The van der Waals surface area contributed by atoms with Gasteiger partial charge in [-0.1, -0.05) is 58.0 Å². The number of ether oxygens (including phenoxy) is 2. The van der Waals surface area contributed by atoms with Gasteiger partial charge >= 0.3 is 0 Å². The van der Waals surface area contributed by atoms with Crippen LogP contribution in [-0.4, -0.2) is 30.4 Å². The van der Waals surface area contributed by atoms with Gasteiger partial charge in [-0.05, 0) is 52.5 Å². The smallest absolute Gasteiger partial charge is 0.161 e. The number of carbonyl (C=O) groups is 3. The maximum atomic E-state index is 13.6. The number of ketones is 2. The molecule has 7 heteroatoms. The summed E-state index contributed by atoms with van der Waals surface area (Å²) in [5.41, 5.74) is 3.74. The van der Waals surface area contributed by atoms with E-state index in [1.807, 2.05) is 18.2 Å². The Morgan fingerprint density at radius 3 is 2.28 bits per heavy atom. The van der Waals surface area contributed by atoms with E-state index in [0.717, 1.165) is 29.0 Å². The number of fused-ring (bicyclic) bond motifs is 1. The lowest BCUT2D eigenvalue weighted by atomic mass is 9.60. The third-order valence-electron chi connectivity index (χ3n) is 7.97. The van der Waals surface area contributed by atoms with Gasteiger partial charge < -0.3 is 19.4 Å². The first kappa shape index (κ1) is 26.9. The van der Waals surface area contributed by atoms with Gasteiger partial charge in [0.15, 0.2) is 17.3 Å². The van der Waals surface area contributed by atoms with E-state index in [1.54, 1.807) is 19.2 Å². The minimum absolute atomic E-state index is 0.0611. The SMILES string of the molecule is COc1cc([C@@H]2C3=C(CC(C)(C)CC3=O)N=C3CC(C)(C)CC(=O)C32)ccc1OCc1ccc(C(=O)[O-])cc1. The number of aromatic carboxylic acids is 1. The Morgan fingerprint density at radius 1 is 0.923 bits per heavy atom. The number of hydrogen-bond donors (Lipinski definition) is 0. The van der Waals surface area contributed by atoms with E-state index in [-0.39, 0.29) is 34.6 Å². The number of carbonyl (C=O) groups excluding carboxylic acids is 3. The molecule has 5 rings (SSSR count). The van der Waals surface area contributed by atoms with Crippen LogP contribution in [0.3, 0.4) is 0 Å². The Morgan fingerprint density at radius 2 is 1.62 bits per heavy atom. The molecule has 1 heterocycles. The normalized spacial score (nSPS) is 23.5. The van der Waals surface area contributed by atoms with Crippen LogP contribution in [-0.2, 0) is 16.2 Å². The van der Waals surface area contributed by atoms with Crippen molar-refractivity contribution in [3.05, 3.63) is 70.4 Å². The molecule has 0 amide bonds. The number of hydrogen-bond acceptors (Lipinski definition) is 7. The molecular formula is C32H34NO6-. The lowest BCUT2D eigenvalue weighted by Gasteiger charge is -2.44. The summed E-state index contributed by atoms with van der Waals surface area (Å²) in [6.07, 6.45) is 2.30. The first-order chi connectivity index (χ1) is 18.4. The number of carboxylic acid groups (broad SMARTS) is 1. The standard InChI is InChI=1S/C32H35NO6/c1-31(2)13-21-28(23(34)15-31)27(29-22(33-21)14-32(3,4)16-24(29)35)20-10-11-25(26(12-20)38-5)39-17-18-6-8-19(9-7-18)30(36)37/h6-12,27-28H,13-17H2,1-5H3,(H,36,37)/p-1/t27-,28?/m0/s1. The van der Waals surface area contributed by atoms with Crippen molar-refractivity contribution in [2.24, 2.45) is 21.7 Å².